The smallest absolute Gasteiger partial charge is 0.0602 e. The first kappa shape index (κ1) is 8.34. The van der Waals surface area contributed by atoms with Gasteiger partial charge >= 0.3 is 0 Å². The van der Waals surface area contributed by atoms with Gasteiger partial charge in [0.25, 0.3) is 0 Å². The lowest BCUT2D eigenvalue weighted by Gasteiger charge is -1.99. The van der Waals surface area contributed by atoms with Crippen LogP contribution in [0.3, 0.4) is 0 Å². The van der Waals surface area contributed by atoms with Gasteiger partial charge in [0.2, 0.25) is 0 Å². The van der Waals surface area contributed by atoms with Gasteiger partial charge in [-0.15, -0.1) is 6.42 Å². The van der Waals surface area contributed by atoms with Gasteiger partial charge in [-0.25, -0.2) is 0 Å². The fourth-order valence-electron chi connectivity index (χ4n) is 1.61. The quantitative estimate of drug-likeness (QED) is 0.492. The minimum absolute atomic E-state index is 0.693. The standard InChI is InChI=1S/C12H13N/c1-2-8-13-10-12(13)9-11-6-4-3-5-7-11/h1,3-7,12H,8-10H2. The van der Waals surface area contributed by atoms with Gasteiger partial charge in [-0.3, -0.25) is 4.90 Å². The van der Waals surface area contributed by atoms with Crippen LogP contribution in [0, 0.1) is 12.3 Å². The summed E-state index contributed by atoms with van der Waals surface area (Å²) in [5.41, 5.74) is 1.41. The summed E-state index contributed by atoms with van der Waals surface area (Å²) in [6.07, 6.45) is 6.37. The zero-order valence-corrected chi connectivity index (χ0v) is 7.61. The van der Waals surface area contributed by atoms with Crippen molar-refractivity contribution in [3.8, 4) is 12.3 Å². The molecule has 0 radical (unpaired) electrons. The highest BCUT2D eigenvalue weighted by molar-refractivity contribution is 5.18. The molecule has 2 rings (SSSR count). The molecule has 1 nitrogen and oxygen atoms in total. The normalized spacial score (nSPS) is 25.2. The number of benzene rings is 1. The molecule has 0 aromatic heterocycles. The Morgan fingerprint density at radius 2 is 2.15 bits per heavy atom. The predicted octanol–water partition coefficient (Wildman–Crippen LogP) is 1.55. The monoisotopic (exact) mass is 171 g/mol. The van der Waals surface area contributed by atoms with Crippen LogP contribution in [-0.2, 0) is 6.42 Å². The van der Waals surface area contributed by atoms with Crippen molar-refractivity contribution in [1.82, 2.24) is 4.90 Å². The van der Waals surface area contributed by atoms with Crippen molar-refractivity contribution in [2.24, 2.45) is 0 Å². The Balaban J connectivity index is 1.85. The molecule has 0 aliphatic carbocycles. The molecular weight excluding hydrogens is 158 g/mol. The van der Waals surface area contributed by atoms with E-state index < -0.39 is 0 Å². The maximum atomic E-state index is 5.23. The molecule has 0 saturated carbocycles. The number of nitrogens with zero attached hydrogens (tertiary/aromatic N) is 1. The van der Waals surface area contributed by atoms with E-state index in [0.29, 0.717) is 6.04 Å². The fraction of sp³-hybridized carbons (Fsp3) is 0.333. The minimum Gasteiger partial charge on any atom is -0.286 e. The van der Waals surface area contributed by atoms with Crippen molar-refractivity contribution in [3.05, 3.63) is 35.9 Å². The van der Waals surface area contributed by atoms with Crippen LogP contribution in [-0.4, -0.2) is 24.0 Å². The van der Waals surface area contributed by atoms with E-state index in [-0.39, 0.29) is 0 Å². The Labute approximate surface area is 79.4 Å². The van der Waals surface area contributed by atoms with E-state index in [9.17, 15) is 0 Å². The van der Waals surface area contributed by atoms with E-state index in [1.54, 1.807) is 0 Å². The van der Waals surface area contributed by atoms with E-state index in [2.05, 4.69) is 41.2 Å². The second-order valence-corrected chi connectivity index (χ2v) is 3.48. The third-order valence-electron chi connectivity index (χ3n) is 2.44. The summed E-state index contributed by atoms with van der Waals surface area (Å²) in [4.78, 5) is 2.31. The van der Waals surface area contributed by atoms with Crippen LogP contribution in [0.2, 0.25) is 0 Å². The molecule has 1 fully saturated rings. The number of terminal acetylenes is 1. The summed E-state index contributed by atoms with van der Waals surface area (Å²) < 4.78 is 0. The molecular formula is C12H13N. The molecule has 2 unspecified atom stereocenters. The van der Waals surface area contributed by atoms with Crippen molar-refractivity contribution >= 4 is 0 Å². The summed E-state index contributed by atoms with van der Waals surface area (Å²) >= 11 is 0. The number of hydrogen-bond donors (Lipinski definition) is 0. The van der Waals surface area contributed by atoms with Gasteiger partial charge < -0.3 is 0 Å². The second-order valence-electron chi connectivity index (χ2n) is 3.48. The third kappa shape index (κ3) is 2.11. The fourth-order valence-corrected chi connectivity index (χ4v) is 1.61. The van der Waals surface area contributed by atoms with Crippen molar-refractivity contribution in [1.29, 1.82) is 0 Å². The number of rotatable bonds is 3. The minimum atomic E-state index is 0.693. The SMILES string of the molecule is C#CCN1CC1Cc1ccccc1. The van der Waals surface area contributed by atoms with E-state index >= 15 is 0 Å². The molecule has 1 aliphatic rings. The Hall–Kier alpha value is -1.26. The molecule has 0 bridgehead atoms. The predicted molar refractivity (Wildman–Crippen MR) is 54.3 cm³/mol. The Morgan fingerprint density at radius 3 is 2.85 bits per heavy atom. The van der Waals surface area contributed by atoms with Crippen molar-refractivity contribution < 1.29 is 0 Å². The van der Waals surface area contributed by atoms with Crippen LogP contribution in [0.15, 0.2) is 30.3 Å². The highest BCUT2D eigenvalue weighted by Gasteiger charge is 2.32. The van der Waals surface area contributed by atoms with Gasteiger partial charge in [0.1, 0.15) is 0 Å². The maximum Gasteiger partial charge on any atom is 0.0602 e. The van der Waals surface area contributed by atoms with Crippen LogP contribution in [0.25, 0.3) is 0 Å². The van der Waals surface area contributed by atoms with Crippen LogP contribution in [0.5, 0.6) is 0 Å². The molecule has 0 N–H and O–H groups in total. The highest BCUT2D eigenvalue weighted by Crippen LogP contribution is 2.20. The van der Waals surface area contributed by atoms with Crippen molar-refractivity contribution in [2.45, 2.75) is 12.5 Å². The van der Waals surface area contributed by atoms with Gasteiger partial charge in [0.15, 0.2) is 0 Å². The van der Waals surface area contributed by atoms with E-state index in [1.165, 1.54) is 12.1 Å². The lowest BCUT2D eigenvalue weighted by Crippen LogP contribution is -2.04. The molecule has 1 aromatic carbocycles. The molecule has 1 aliphatic heterocycles. The van der Waals surface area contributed by atoms with Crippen LogP contribution >= 0.6 is 0 Å². The van der Waals surface area contributed by atoms with E-state index in [4.69, 9.17) is 6.42 Å². The first-order valence-corrected chi connectivity index (χ1v) is 4.61. The molecule has 66 valence electrons. The van der Waals surface area contributed by atoms with Crippen molar-refractivity contribution in [2.75, 3.05) is 13.1 Å². The van der Waals surface area contributed by atoms with Crippen LogP contribution in [0.1, 0.15) is 5.56 Å². The summed E-state index contributed by atoms with van der Waals surface area (Å²) in [6.45, 7) is 1.97. The molecule has 2 atom stereocenters. The van der Waals surface area contributed by atoms with Gasteiger partial charge in [-0.1, -0.05) is 36.3 Å². The van der Waals surface area contributed by atoms with E-state index in [1.807, 2.05) is 0 Å². The summed E-state index contributed by atoms with van der Waals surface area (Å²) in [6, 6.07) is 11.3. The summed E-state index contributed by atoms with van der Waals surface area (Å²) in [5.74, 6) is 2.67. The third-order valence-corrected chi connectivity index (χ3v) is 2.44. The van der Waals surface area contributed by atoms with Crippen LogP contribution in [0.4, 0.5) is 0 Å². The van der Waals surface area contributed by atoms with Gasteiger partial charge in [-0.2, -0.15) is 0 Å². The molecule has 1 heterocycles. The summed E-state index contributed by atoms with van der Waals surface area (Å²) in [7, 11) is 0. The molecule has 13 heavy (non-hydrogen) atoms. The van der Waals surface area contributed by atoms with Gasteiger partial charge in [0, 0.05) is 12.6 Å². The van der Waals surface area contributed by atoms with E-state index in [0.717, 1.165) is 13.0 Å². The Bertz CT molecular complexity index is 310. The van der Waals surface area contributed by atoms with Crippen LogP contribution < -0.4 is 0 Å². The molecule has 0 amide bonds. The first-order valence-electron chi connectivity index (χ1n) is 4.61. The summed E-state index contributed by atoms with van der Waals surface area (Å²) in [5, 5.41) is 0. The Morgan fingerprint density at radius 1 is 1.38 bits per heavy atom. The molecule has 1 saturated heterocycles. The zero-order valence-electron chi connectivity index (χ0n) is 7.61. The van der Waals surface area contributed by atoms with Gasteiger partial charge in [-0.05, 0) is 12.0 Å². The molecule has 1 aromatic rings. The average Bonchev–Trinajstić information content (AvgIpc) is 2.86. The lowest BCUT2D eigenvalue weighted by molar-refractivity contribution is 0.567. The Kier molecular flexibility index (Phi) is 2.33. The molecule has 0 spiro atoms. The first-order chi connectivity index (χ1) is 6.40. The van der Waals surface area contributed by atoms with Crippen molar-refractivity contribution in [3.63, 3.8) is 0 Å². The second kappa shape index (κ2) is 3.64. The largest absolute Gasteiger partial charge is 0.286 e. The zero-order chi connectivity index (χ0) is 9.10. The topological polar surface area (TPSA) is 3.01 Å². The maximum absolute atomic E-state index is 5.23. The lowest BCUT2D eigenvalue weighted by atomic mass is 10.1. The van der Waals surface area contributed by atoms with Gasteiger partial charge in [0.05, 0.1) is 6.54 Å². The average molecular weight is 171 g/mol. The highest BCUT2D eigenvalue weighted by atomic mass is 15.3. The molecule has 1 heteroatoms. The number of hydrogen-bond acceptors (Lipinski definition) is 1.